The third-order valence-electron chi connectivity index (χ3n) is 3.11. The van der Waals surface area contributed by atoms with E-state index in [1.165, 1.54) is 24.4 Å². The lowest BCUT2D eigenvalue weighted by molar-refractivity contribution is 0.102. The van der Waals surface area contributed by atoms with E-state index >= 15 is 0 Å². The zero-order valence-corrected chi connectivity index (χ0v) is 11.6. The van der Waals surface area contributed by atoms with E-state index in [9.17, 15) is 9.18 Å². The van der Waals surface area contributed by atoms with Gasteiger partial charge in [0.1, 0.15) is 11.4 Å². The molecule has 0 aliphatic heterocycles. The van der Waals surface area contributed by atoms with Crippen molar-refractivity contribution < 1.29 is 9.18 Å². The molecule has 1 N–H and O–H groups in total. The number of benzene rings is 1. The second kappa shape index (κ2) is 4.97. The summed E-state index contributed by atoms with van der Waals surface area (Å²) >= 11 is 0. The van der Waals surface area contributed by atoms with E-state index in [2.05, 4.69) is 15.4 Å². The number of fused-ring (bicyclic) bond motifs is 1. The van der Waals surface area contributed by atoms with Crippen LogP contribution in [-0.4, -0.2) is 20.5 Å². The number of aryl methyl sites for hydroxylation is 2. The van der Waals surface area contributed by atoms with E-state index < -0.39 is 5.82 Å². The Bertz CT molecular complexity index is 841. The Kier molecular flexibility index (Phi) is 3.13. The Morgan fingerprint density at radius 3 is 2.86 bits per heavy atom. The molecule has 5 nitrogen and oxygen atoms in total. The van der Waals surface area contributed by atoms with Crippen LogP contribution < -0.4 is 5.32 Å². The zero-order chi connectivity index (χ0) is 15.0. The first-order chi connectivity index (χ1) is 10.0. The number of nitrogens with zero attached hydrogens (tertiary/aromatic N) is 3. The van der Waals surface area contributed by atoms with Crippen LogP contribution in [0.25, 0.3) is 5.65 Å². The number of carbonyl (C=O) groups is 1. The van der Waals surface area contributed by atoms with Gasteiger partial charge in [-0.3, -0.25) is 4.79 Å². The Morgan fingerprint density at radius 1 is 1.29 bits per heavy atom. The largest absolute Gasteiger partial charge is 0.322 e. The average molecular weight is 284 g/mol. The molecule has 0 saturated heterocycles. The predicted molar refractivity (Wildman–Crippen MR) is 76.8 cm³/mol. The minimum atomic E-state index is -0.405. The minimum absolute atomic E-state index is 0.353. The van der Waals surface area contributed by atoms with Crippen molar-refractivity contribution in [2.45, 2.75) is 13.8 Å². The van der Waals surface area contributed by atoms with Crippen molar-refractivity contribution in [3.63, 3.8) is 0 Å². The Morgan fingerprint density at radius 2 is 2.10 bits per heavy atom. The van der Waals surface area contributed by atoms with Gasteiger partial charge in [0.15, 0.2) is 5.65 Å². The summed E-state index contributed by atoms with van der Waals surface area (Å²) in [6, 6.07) is 7.62. The molecule has 0 fully saturated rings. The highest BCUT2D eigenvalue weighted by Crippen LogP contribution is 2.15. The molecule has 0 saturated carbocycles. The van der Waals surface area contributed by atoms with Gasteiger partial charge in [-0.15, -0.1) is 0 Å². The monoisotopic (exact) mass is 284 g/mol. The van der Waals surface area contributed by atoms with E-state index in [4.69, 9.17) is 0 Å². The predicted octanol–water partition coefficient (Wildman–Crippen LogP) is 2.74. The maximum atomic E-state index is 13.1. The Balaban J connectivity index is 1.99. The maximum Gasteiger partial charge on any atom is 0.261 e. The third kappa shape index (κ3) is 2.47. The van der Waals surface area contributed by atoms with Gasteiger partial charge in [-0.1, -0.05) is 6.07 Å². The summed E-state index contributed by atoms with van der Waals surface area (Å²) in [6.45, 7) is 3.75. The van der Waals surface area contributed by atoms with Crippen LogP contribution in [0.1, 0.15) is 21.7 Å². The second-order valence-corrected chi connectivity index (χ2v) is 4.80. The smallest absolute Gasteiger partial charge is 0.261 e. The molecule has 2 heterocycles. The first-order valence-electron chi connectivity index (χ1n) is 6.43. The van der Waals surface area contributed by atoms with Gasteiger partial charge in [0, 0.05) is 17.1 Å². The molecule has 0 radical (unpaired) electrons. The van der Waals surface area contributed by atoms with Gasteiger partial charge in [0.05, 0.1) is 6.20 Å². The molecule has 0 aliphatic rings. The standard InChI is InChI=1S/C15H13FN4O/c1-9-6-10(2)20-14(18-9)13(8-17-20)15(21)19-12-5-3-4-11(16)7-12/h3-8H,1-2H3,(H,19,21). The molecule has 0 atom stereocenters. The zero-order valence-electron chi connectivity index (χ0n) is 11.6. The number of carbonyl (C=O) groups excluding carboxylic acids is 1. The summed E-state index contributed by atoms with van der Waals surface area (Å²) in [5, 5.41) is 6.80. The molecule has 3 aromatic rings. The van der Waals surface area contributed by atoms with Crippen molar-refractivity contribution >= 4 is 17.2 Å². The van der Waals surface area contributed by atoms with Gasteiger partial charge in [-0.05, 0) is 38.1 Å². The van der Waals surface area contributed by atoms with Gasteiger partial charge in [-0.2, -0.15) is 5.10 Å². The number of hydrogen-bond acceptors (Lipinski definition) is 3. The van der Waals surface area contributed by atoms with Crippen LogP contribution in [0.3, 0.4) is 0 Å². The van der Waals surface area contributed by atoms with Gasteiger partial charge in [0.2, 0.25) is 0 Å². The van der Waals surface area contributed by atoms with Gasteiger partial charge < -0.3 is 5.32 Å². The fourth-order valence-electron chi connectivity index (χ4n) is 2.20. The molecule has 6 heteroatoms. The fraction of sp³-hybridized carbons (Fsp3) is 0.133. The van der Waals surface area contributed by atoms with Crippen molar-refractivity contribution in [3.8, 4) is 0 Å². The molecule has 2 aromatic heterocycles. The van der Waals surface area contributed by atoms with E-state index in [1.807, 2.05) is 19.9 Å². The van der Waals surface area contributed by atoms with Gasteiger partial charge in [-0.25, -0.2) is 13.9 Å². The second-order valence-electron chi connectivity index (χ2n) is 4.80. The number of rotatable bonds is 2. The number of amides is 1. The molecular formula is C15H13FN4O. The first kappa shape index (κ1) is 13.2. The van der Waals surface area contributed by atoms with Gasteiger partial charge >= 0.3 is 0 Å². The fourth-order valence-corrected chi connectivity index (χ4v) is 2.20. The highest BCUT2D eigenvalue weighted by atomic mass is 19.1. The summed E-state index contributed by atoms with van der Waals surface area (Å²) in [4.78, 5) is 16.6. The maximum absolute atomic E-state index is 13.1. The van der Waals surface area contributed by atoms with Crippen LogP contribution in [0.2, 0.25) is 0 Å². The lowest BCUT2D eigenvalue weighted by atomic mass is 10.2. The number of hydrogen-bond donors (Lipinski definition) is 1. The van der Waals surface area contributed by atoms with E-state index in [0.29, 0.717) is 16.9 Å². The van der Waals surface area contributed by atoms with Crippen LogP contribution >= 0.6 is 0 Å². The average Bonchev–Trinajstić information content (AvgIpc) is 2.82. The summed E-state index contributed by atoms with van der Waals surface area (Å²) in [7, 11) is 0. The van der Waals surface area contributed by atoms with Crippen LogP contribution in [0.4, 0.5) is 10.1 Å². The van der Waals surface area contributed by atoms with Crippen molar-refractivity contribution in [1.29, 1.82) is 0 Å². The van der Waals surface area contributed by atoms with Crippen LogP contribution in [0.5, 0.6) is 0 Å². The highest BCUT2D eigenvalue weighted by molar-refractivity contribution is 6.08. The number of anilines is 1. The topological polar surface area (TPSA) is 59.3 Å². The molecule has 0 bridgehead atoms. The molecule has 21 heavy (non-hydrogen) atoms. The molecule has 0 aliphatic carbocycles. The molecule has 1 amide bonds. The quantitative estimate of drug-likeness (QED) is 0.787. The van der Waals surface area contributed by atoms with Crippen LogP contribution in [0.15, 0.2) is 36.5 Å². The van der Waals surface area contributed by atoms with Crippen molar-refractivity contribution in [2.75, 3.05) is 5.32 Å². The van der Waals surface area contributed by atoms with Crippen molar-refractivity contribution in [1.82, 2.24) is 14.6 Å². The molecule has 3 rings (SSSR count). The normalized spacial score (nSPS) is 10.8. The van der Waals surface area contributed by atoms with E-state index in [-0.39, 0.29) is 5.91 Å². The molecule has 106 valence electrons. The number of halogens is 1. The summed E-state index contributed by atoms with van der Waals surface area (Å²) in [5.41, 5.74) is 2.93. The van der Waals surface area contributed by atoms with E-state index in [0.717, 1.165) is 11.4 Å². The Hall–Kier alpha value is -2.76. The van der Waals surface area contributed by atoms with Crippen LogP contribution in [0, 0.1) is 19.7 Å². The van der Waals surface area contributed by atoms with E-state index in [1.54, 1.807) is 10.6 Å². The van der Waals surface area contributed by atoms with Crippen molar-refractivity contribution in [2.24, 2.45) is 0 Å². The highest BCUT2D eigenvalue weighted by Gasteiger charge is 2.15. The summed E-state index contributed by atoms with van der Waals surface area (Å²) in [5.74, 6) is -0.773. The Labute approximate surface area is 120 Å². The summed E-state index contributed by atoms with van der Waals surface area (Å²) < 4.78 is 14.7. The van der Waals surface area contributed by atoms with Crippen molar-refractivity contribution in [3.05, 3.63) is 59.3 Å². The van der Waals surface area contributed by atoms with Crippen LogP contribution in [-0.2, 0) is 0 Å². The lowest BCUT2D eigenvalue weighted by Gasteiger charge is -2.05. The number of nitrogens with one attached hydrogen (secondary N) is 1. The molecule has 0 spiro atoms. The molecule has 0 unspecified atom stereocenters. The SMILES string of the molecule is Cc1cc(C)n2ncc(C(=O)Nc3cccc(F)c3)c2n1. The van der Waals surface area contributed by atoms with Gasteiger partial charge in [0.25, 0.3) is 5.91 Å². The minimum Gasteiger partial charge on any atom is -0.322 e. The molecular weight excluding hydrogens is 271 g/mol. The third-order valence-corrected chi connectivity index (χ3v) is 3.11. The molecule has 1 aromatic carbocycles. The number of aromatic nitrogens is 3. The first-order valence-corrected chi connectivity index (χ1v) is 6.43. The summed E-state index contributed by atoms with van der Waals surface area (Å²) in [6.07, 6.45) is 1.46. The lowest BCUT2D eigenvalue weighted by Crippen LogP contribution is -2.12.